The third-order valence-corrected chi connectivity index (χ3v) is 2.37. The first-order valence-electron chi connectivity index (χ1n) is 4.90. The van der Waals surface area contributed by atoms with Gasteiger partial charge in [0.2, 0.25) is 0 Å². The fourth-order valence-electron chi connectivity index (χ4n) is 1.33. The summed E-state index contributed by atoms with van der Waals surface area (Å²) >= 11 is 5.75. The van der Waals surface area contributed by atoms with Gasteiger partial charge in [0.15, 0.2) is 0 Å². The van der Waals surface area contributed by atoms with Crippen LogP contribution in [-0.4, -0.2) is 6.54 Å². The number of halogens is 1. The quantitative estimate of drug-likeness (QED) is 0.787. The molecule has 0 unspecified atom stereocenters. The molecule has 1 atom stereocenters. The Kier molecular flexibility index (Phi) is 4.71. The minimum atomic E-state index is 0.489. The van der Waals surface area contributed by atoms with Crippen LogP contribution in [-0.2, 0) is 0 Å². The lowest BCUT2D eigenvalue weighted by Gasteiger charge is -2.08. The molecule has 0 bridgehead atoms. The summed E-state index contributed by atoms with van der Waals surface area (Å²) < 4.78 is 0. The van der Waals surface area contributed by atoms with Crippen LogP contribution in [0, 0.1) is 0 Å². The van der Waals surface area contributed by atoms with Gasteiger partial charge in [-0.25, -0.2) is 0 Å². The van der Waals surface area contributed by atoms with Crippen LogP contribution in [0.3, 0.4) is 0 Å². The molecule has 0 radical (unpaired) electrons. The second kappa shape index (κ2) is 5.84. The third kappa shape index (κ3) is 3.95. The van der Waals surface area contributed by atoms with Crippen LogP contribution in [0.15, 0.2) is 41.4 Å². The van der Waals surface area contributed by atoms with Gasteiger partial charge in [-0.3, -0.25) is 0 Å². The van der Waals surface area contributed by atoms with Gasteiger partial charge in [-0.1, -0.05) is 41.9 Å². The molecule has 0 aliphatic rings. The first-order chi connectivity index (χ1) is 6.70. The summed E-state index contributed by atoms with van der Waals surface area (Å²) in [5.41, 5.74) is 1.35. The number of hydrogen-bond donors (Lipinski definition) is 1. The van der Waals surface area contributed by atoms with Gasteiger partial charge in [-0.05, 0) is 19.9 Å². The van der Waals surface area contributed by atoms with E-state index < -0.39 is 0 Å². The second-order valence-electron chi connectivity index (χ2n) is 3.46. The third-order valence-electron chi connectivity index (χ3n) is 2.21. The number of benzene rings is 1. The Balaban J connectivity index is 2.43. The van der Waals surface area contributed by atoms with Crippen molar-refractivity contribution in [3.63, 3.8) is 0 Å². The summed E-state index contributed by atoms with van der Waals surface area (Å²) in [6, 6.07) is 11.0. The Morgan fingerprint density at radius 3 is 2.64 bits per heavy atom. The maximum absolute atomic E-state index is 5.75. The molecule has 0 aliphatic heterocycles. The average molecular weight is 211 g/mol. The molecule has 1 aromatic carbocycles. The number of hydrogen-bond acceptors (Lipinski definition) is 0. The maximum atomic E-state index is 5.75. The number of quaternary nitrogens is 1. The highest BCUT2D eigenvalue weighted by molar-refractivity contribution is 6.29. The molecule has 0 saturated carbocycles. The Bertz CT molecular complexity index is 288. The highest BCUT2D eigenvalue weighted by Crippen LogP contribution is 2.06. The van der Waals surface area contributed by atoms with Crippen molar-refractivity contribution < 1.29 is 5.32 Å². The van der Waals surface area contributed by atoms with E-state index in [1.165, 1.54) is 5.56 Å². The maximum Gasteiger partial charge on any atom is 0.109 e. The van der Waals surface area contributed by atoms with Gasteiger partial charge < -0.3 is 5.32 Å². The fourth-order valence-corrected chi connectivity index (χ4v) is 1.42. The lowest BCUT2D eigenvalue weighted by Crippen LogP contribution is -2.84. The van der Waals surface area contributed by atoms with E-state index in [0.717, 1.165) is 11.6 Å². The van der Waals surface area contributed by atoms with Gasteiger partial charge in [-0.2, -0.15) is 0 Å². The molecular weight excluding hydrogens is 194 g/mol. The molecule has 0 aliphatic carbocycles. The van der Waals surface area contributed by atoms with Crippen LogP contribution in [0.25, 0.3) is 0 Å². The first-order valence-corrected chi connectivity index (χ1v) is 5.28. The largest absolute Gasteiger partial charge is 0.337 e. The lowest BCUT2D eigenvalue weighted by molar-refractivity contribution is -0.684. The standard InChI is InChI=1S/C12H16ClN/c1-10(13)8-9-14-11(2)12-6-4-3-5-7-12/h3-8,11,14H,9H2,1-2H3/p+1/b10-8+/t11-/m1/s1. The summed E-state index contributed by atoms with van der Waals surface area (Å²) in [7, 11) is 0. The van der Waals surface area contributed by atoms with Crippen molar-refractivity contribution in [1.29, 1.82) is 0 Å². The normalized spacial score (nSPS) is 14.1. The first kappa shape index (κ1) is 11.3. The van der Waals surface area contributed by atoms with Crippen LogP contribution in [0.2, 0.25) is 0 Å². The molecular formula is C12H17ClN+. The fraction of sp³-hybridized carbons (Fsp3) is 0.333. The smallest absolute Gasteiger partial charge is 0.109 e. The highest BCUT2D eigenvalue weighted by atomic mass is 35.5. The summed E-state index contributed by atoms with van der Waals surface area (Å²) in [6.07, 6.45) is 2.03. The zero-order valence-electron chi connectivity index (χ0n) is 8.70. The summed E-state index contributed by atoms with van der Waals surface area (Å²) in [5.74, 6) is 0. The van der Waals surface area contributed by atoms with Crippen molar-refractivity contribution in [3.05, 3.63) is 47.0 Å². The molecule has 1 nitrogen and oxygen atoms in total. The van der Waals surface area contributed by atoms with Crippen molar-refractivity contribution in [2.45, 2.75) is 19.9 Å². The van der Waals surface area contributed by atoms with Gasteiger partial charge >= 0.3 is 0 Å². The molecule has 2 N–H and O–H groups in total. The molecule has 1 aromatic rings. The van der Waals surface area contributed by atoms with Gasteiger partial charge in [0.25, 0.3) is 0 Å². The van der Waals surface area contributed by atoms with Gasteiger partial charge in [-0.15, -0.1) is 0 Å². The molecule has 2 heteroatoms. The molecule has 0 fully saturated rings. The van der Waals surface area contributed by atoms with E-state index in [2.05, 4.69) is 36.5 Å². The van der Waals surface area contributed by atoms with Crippen molar-refractivity contribution in [1.82, 2.24) is 0 Å². The minimum Gasteiger partial charge on any atom is -0.337 e. The van der Waals surface area contributed by atoms with Crippen molar-refractivity contribution in [2.75, 3.05) is 6.54 Å². The lowest BCUT2D eigenvalue weighted by atomic mass is 10.1. The summed E-state index contributed by atoms with van der Waals surface area (Å²) in [6.45, 7) is 5.04. The van der Waals surface area contributed by atoms with E-state index in [9.17, 15) is 0 Å². The van der Waals surface area contributed by atoms with Crippen LogP contribution < -0.4 is 5.32 Å². The summed E-state index contributed by atoms with van der Waals surface area (Å²) in [4.78, 5) is 0. The number of rotatable bonds is 4. The van der Waals surface area contributed by atoms with Gasteiger partial charge in [0.1, 0.15) is 6.04 Å². The Morgan fingerprint density at radius 2 is 2.07 bits per heavy atom. The Labute approximate surface area is 90.8 Å². The molecule has 0 heterocycles. The van der Waals surface area contributed by atoms with Crippen molar-refractivity contribution in [3.8, 4) is 0 Å². The van der Waals surface area contributed by atoms with Gasteiger partial charge in [0.05, 0.1) is 6.54 Å². The topological polar surface area (TPSA) is 16.6 Å². The predicted molar refractivity (Wildman–Crippen MR) is 61.3 cm³/mol. The molecule has 1 rings (SSSR count). The van der Waals surface area contributed by atoms with Crippen LogP contribution >= 0.6 is 11.6 Å². The van der Waals surface area contributed by atoms with E-state index in [1.54, 1.807) is 0 Å². The molecule has 0 spiro atoms. The second-order valence-corrected chi connectivity index (χ2v) is 4.06. The monoisotopic (exact) mass is 210 g/mol. The van der Waals surface area contributed by atoms with E-state index in [1.807, 2.05) is 19.1 Å². The van der Waals surface area contributed by atoms with Crippen molar-refractivity contribution >= 4 is 11.6 Å². The molecule has 14 heavy (non-hydrogen) atoms. The SMILES string of the molecule is C/C(Cl)=C\C[NH2+][C@H](C)c1ccccc1. The number of nitrogens with two attached hydrogens (primary N) is 1. The zero-order valence-corrected chi connectivity index (χ0v) is 9.46. The molecule has 0 aromatic heterocycles. The number of allylic oxidation sites excluding steroid dienone is 1. The Hall–Kier alpha value is -0.790. The summed E-state index contributed by atoms with van der Waals surface area (Å²) in [5, 5.41) is 3.13. The Morgan fingerprint density at radius 1 is 1.43 bits per heavy atom. The zero-order chi connectivity index (χ0) is 10.4. The highest BCUT2D eigenvalue weighted by Gasteiger charge is 2.05. The average Bonchev–Trinajstić information content (AvgIpc) is 2.18. The van der Waals surface area contributed by atoms with E-state index in [0.29, 0.717) is 6.04 Å². The van der Waals surface area contributed by atoms with Crippen LogP contribution in [0.1, 0.15) is 25.5 Å². The van der Waals surface area contributed by atoms with Crippen LogP contribution in [0.4, 0.5) is 0 Å². The van der Waals surface area contributed by atoms with Crippen LogP contribution in [0.5, 0.6) is 0 Å². The molecule has 0 saturated heterocycles. The van der Waals surface area contributed by atoms with E-state index in [-0.39, 0.29) is 0 Å². The predicted octanol–water partition coefficient (Wildman–Crippen LogP) is 2.45. The molecule has 76 valence electrons. The minimum absolute atomic E-state index is 0.489. The molecule has 0 amide bonds. The van der Waals surface area contributed by atoms with E-state index >= 15 is 0 Å². The van der Waals surface area contributed by atoms with Gasteiger partial charge in [0, 0.05) is 10.6 Å². The van der Waals surface area contributed by atoms with E-state index in [4.69, 9.17) is 11.6 Å². The van der Waals surface area contributed by atoms with Crippen molar-refractivity contribution in [2.24, 2.45) is 0 Å².